The molecule has 0 aliphatic heterocycles. The van der Waals surface area contributed by atoms with Crippen molar-refractivity contribution in [2.24, 2.45) is 45.7 Å². The van der Waals surface area contributed by atoms with Crippen LogP contribution in [-0.2, 0) is 60.8 Å². The topological polar surface area (TPSA) is 452 Å². The molecule has 2 aromatic carbocycles. The van der Waals surface area contributed by atoms with E-state index in [1.807, 2.05) is 20.8 Å². The van der Waals surface area contributed by atoms with Crippen molar-refractivity contribution in [2.45, 2.75) is 135 Å². The minimum absolute atomic E-state index is 0.00648. The Balaban J connectivity index is 1.86. The molecule has 28 heteroatoms. The number of nitrogens with two attached hydrogens (primary N) is 4. The molecule has 0 aliphatic rings. The van der Waals surface area contributed by atoms with E-state index in [4.69, 9.17) is 22.9 Å². The zero-order valence-corrected chi connectivity index (χ0v) is 48.1. The van der Waals surface area contributed by atoms with E-state index in [2.05, 4.69) is 70.5 Å². The van der Waals surface area contributed by atoms with Crippen molar-refractivity contribution in [3.8, 4) is 5.75 Å². The normalized spacial score (nSPS) is 14.5. The number of hydrogen-bond donors (Lipinski definition) is 17. The molecule has 1 aromatic heterocycles. The van der Waals surface area contributed by atoms with Gasteiger partial charge in [0, 0.05) is 42.2 Å². The third-order valence-corrected chi connectivity index (χ3v) is 13.5. The lowest BCUT2D eigenvalue weighted by molar-refractivity contribution is -0.136. The monoisotopic (exact) mass is 1170 g/mol. The summed E-state index contributed by atoms with van der Waals surface area (Å²) in [4.78, 5) is 142. The lowest BCUT2D eigenvalue weighted by Crippen LogP contribution is -2.61. The number of aliphatic imine (C=N–C) groups is 1. The van der Waals surface area contributed by atoms with Crippen LogP contribution < -0.4 is 70.8 Å². The molecule has 10 amide bonds. The summed E-state index contributed by atoms with van der Waals surface area (Å²) < 4.78 is 0. The maximum absolute atomic E-state index is 14.6. The Bertz CT molecular complexity index is 2680. The molecule has 1 heterocycles. The van der Waals surface area contributed by atoms with Gasteiger partial charge in [-0.2, -0.15) is 12.6 Å². The highest BCUT2D eigenvalue weighted by Crippen LogP contribution is 2.20. The number of aliphatic hydroxyl groups is 1. The number of benzene rings is 2. The highest BCUT2D eigenvalue weighted by Gasteiger charge is 2.35. The number of para-hydroxylation sites is 1. The van der Waals surface area contributed by atoms with Crippen molar-refractivity contribution in [1.29, 1.82) is 0 Å². The van der Waals surface area contributed by atoms with Crippen LogP contribution in [0.4, 0.5) is 0 Å². The molecule has 0 aliphatic carbocycles. The summed E-state index contributed by atoms with van der Waals surface area (Å²) in [7, 11) is 0. The van der Waals surface area contributed by atoms with Gasteiger partial charge in [0.15, 0.2) is 5.96 Å². The second-order valence-electron chi connectivity index (χ2n) is 20.8. The number of carbonyl (C=O) groups is 10. The van der Waals surface area contributed by atoms with Gasteiger partial charge in [0.2, 0.25) is 59.1 Å². The number of fused-ring (bicyclic) bond motifs is 1. The standard InChI is InChI=1S/C54H83N15O12S/c1-7-30(6)45(55)53(81)62-24-43(72)61-25-44(73)63-39(21-31-14-16-33(71)17-15-31)49(77)69-42(27-82)52(80)68-41(26-70)51(79)67-40(22-32-23-60-35-12-9-8-11-34(32)35)50(78)66-38(20-29(4)5)48(76)64-36(13-10-18-59-54(57)58)47(75)65-37(46(56)74)19-28(2)3/h8-9,11-12,14-17,23,28-30,36-42,45,60,70-71,82H,7,10,13,18-22,24-27,55H2,1-6H3,(H2,56,74)(H,61,72)(H,62,81)(H,63,73)(H,64,76)(H,65,75)(H,66,78)(H,67,79)(H,68,80)(H,69,77)(H4,57,58,59)/t30-,36-,37-,38-,39-,40-,41-,42-,45-/m0/s1. The van der Waals surface area contributed by atoms with Crippen molar-refractivity contribution in [1.82, 2.24) is 52.8 Å². The number of nitrogens with zero attached hydrogens (tertiary/aromatic N) is 1. The fourth-order valence-electron chi connectivity index (χ4n) is 8.31. The summed E-state index contributed by atoms with van der Waals surface area (Å²) in [6, 6.07) is 2.22. The molecule has 0 bridgehead atoms. The lowest BCUT2D eigenvalue weighted by atomic mass is 9.99. The van der Waals surface area contributed by atoms with Gasteiger partial charge < -0.3 is 86.0 Å². The lowest BCUT2D eigenvalue weighted by Gasteiger charge is -2.28. The molecule has 452 valence electrons. The maximum Gasteiger partial charge on any atom is 0.245 e. The first-order chi connectivity index (χ1) is 38.8. The van der Waals surface area contributed by atoms with E-state index in [1.54, 1.807) is 51.2 Å². The van der Waals surface area contributed by atoms with Gasteiger partial charge in [-0.1, -0.05) is 78.3 Å². The van der Waals surface area contributed by atoms with Gasteiger partial charge in [-0.15, -0.1) is 0 Å². The van der Waals surface area contributed by atoms with Gasteiger partial charge in [-0.25, -0.2) is 0 Å². The first kappa shape index (κ1) is 68.3. The predicted octanol–water partition coefficient (Wildman–Crippen LogP) is -2.79. The summed E-state index contributed by atoms with van der Waals surface area (Å²) >= 11 is 4.25. The molecule has 0 saturated carbocycles. The van der Waals surface area contributed by atoms with Gasteiger partial charge >= 0.3 is 0 Å². The first-order valence-electron chi connectivity index (χ1n) is 27.1. The summed E-state index contributed by atoms with van der Waals surface area (Å²) in [5, 5.41) is 43.9. The summed E-state index contributed by atoms with van der Waals surface area (Å²) in [5.74, 6) is -9.26. The smallest absolute Gasteiger partial charge is 0.245 e. The Morgan fingerprint density at radius 2 is 1.12 bits per heavy atom. The third-order valence-electron chi connectivity index (χ3n) is 13.1. The van der Waals surface area contributed by atoms with Gasteiger partial charge in [0.1, 0.15) is 48.0 Å². The fraction of sp³-hybridized carbons (Fsp3) is 0.537. The molecule has 3 aromatic rings. The number of rotatable bonds is 35. The highest BCUT2D eigenvalue weighted by molar-refractivity contribution is 7.80. The number of primary amides is 1. The third kappa shape index (κ3) is 23.2. The minimum Gasteiger partial charge on any atom is -0.508 e. The highest BCUT2D eigenvalue weighted by atomic mass is 32.1. The number of phenolic OH excluding ortho intramolecular Hbond substituents is 1. The molecule has 3 rings (SSSR count). The van der Waals surface area contributed by atoms with Crippen LogP contribution in [0.2, 0.25) is 0 Å². The number of aliphatic hydroxyl groups excluding tert-OH is 1. The van der Waals surface area contributed by atoms with E-state index >= 15 is 0 Å². The number of phenols is 1. The van der Waals surface area contributed by atoms with E-state index < -0.39 is 127 Å². The van der Waals surface area contributed by atoms with Gasteiger partial charge in [-0.05, 0) is 72.8 Å². The number of H-pyrrole nitrogens is 1. The molecule has 0 saturated heterocycles. The van der Waals surface area contributed by atoms with Crippen molar-refractivity contribution < 1.29 is 58.2 Å². The Labute approximate surface area is 482 Å². The molecule has 0 unspecified atom stereocenters. The number of aromatic nitrogens is 1. The average Bonchev–Trinajstić information content (AvgIpc) is 3.87. The Kier molecular flexibility index (Phi) is 28.6. The van der Waals surface area contributed by atoms with Gasteiger partial charge in [-0.3, -0.25) is 52.9 Å². The molecule has 0 spiro atoms. The predicted molar refractivity (Wildman–Crippen MR) is 310 cm³/mol. The zero-order chi connectivity index (χ0) is 61.2. The van der Waals surface area contributed by atoms with E-state index in [9.17, 15) is 58.2 Å². The molecule has 20 N–H and O–H groups in total. The van der Waals surface area contributed by atoms with Crippen LogP contribution in [-0.4, -0.2) is 161 Å². The number of hydrogen-bond acceptors (Lipinski definition) is 15. The molecule has 9 atom stereocenters. The van der Waals surface area contributed by atoms with Gasteiger partial charge in [0.25, 0.3) is 0 Å². The minimum atomic E-state index is -1.75. The zero-order valence-electron chi connectivity index (χ0n) is 47.2. The Morgan fingerprint density at radius 3 is 1.72 bits per heavy atom. The van der Waals surface area contributed by atoms with Crippen molar-refractivity contribution in [2.75, 3.05) is 32.0 Å². The molecule has 82 heavy (non-hydrogen) atoms. The van der Waals surface area contributed by atoms with Crippen LogP contribution in [0.1, 0.15) is 84.8 Å². The molecule has 0 radical (unpaired) electrons. The van der Waals surface area contributed by atoms with E-state index in [0.717, 1.165) is 0 Å². The number of aromatic amines is 1. The number of carbonyl (C=O) groups excluding carboxylic acids is 10. The largest absolute Gasteiger partial charge is 0.508 e. The van der Waals surface area contributed by atoms with Crippen LogP contribution in [0, 0.1) is 17.8 Å². The van der Waals surface area contributed by atoms with Crippen LogP contribution in [0.3, 0.4) is 0 Å². The van der Waals surface area contributed by atoms with E-state index in [1.165, 1.54) is 24.3 Å². The van der Waals surface area contributed by atoms with Crippen molar-refractivity contribution in [3.05, 3.63) is 65.9 Å². The van der Waals surface area contributed by atoms with Gasteiger partial charge in [0.05, 0.1) is 25.7 Å². The van der Waals surface area contributed by atoms with E-state index in [0.29, 0.717) is 28.5 Å². The molecular formula is C54H83N15O12S. The van der Waals surface area contributed by atoms with Crippen molar-refractivity contribution >= 4 is 88.6 Å². The summed E-state index contributed by atoms with van der Waals surface area (Å²) in [6.45, 7) is 8.89. The SMILES string of the molecule is CC[C@H](C)[C@H](N)C(=O)NCC(=O)NCC(=O)N[C@@H](Cc1ccc(O)cc1)C(=O)N[C@@H](CS)C(=O)N[C@@H](CO)C(=O)N[C@@H](Cc1c[nH]c2ccccc12)C(=O)N[C@@H](CC(C)C)C(=O)N[C@@H](CCCN=C(N)N)C(=O)N[C@@H](CC(C)C)C(N)=O. The number of amides is 10. The Morgan fingerprint density at radius 1 is 0.610 bits per heavy atom. The van der Waals surface area contributed by atoms with Crippen LogP contribution in [0.15, 0.2) is 59.7 Å². The second kappa shape index (κ2) is 34.3. The van der Waals surface area contributed by atoms with Crippen molar-refractivity contribution in [3.63, 3.8) is 0 Å². The second-order valence-corrected chi connectivity index (χ2v) is 21.2. The number of aromatic hydroxyl groups is 1. The molecule has 27 nitrogen and oxygen atoms in total. The van der Waals surface area contributed by atoms with Crippen LogP contribution >= 0.6 is 12.6 Å². The maximum atomic E-state index is 14.6. The fourth-order valence-corrected chi connectivity index (χ4v) is 8.56. The number of guanidine groups is 1. The Hall–Kier alpha value is -7.98. The van der Waals surface area contributed by atoms with Crippen LogP contribution in [0.5, 0.6) is 5.75 Å². The molecular weight excluding hydrogens is 1080 g/mol. The number of nitrogens with one attached hydrogen (secondary N) is 10. The molecule has 0 fully saturated rings. The van der Waals surface area contributed by atoms with E-state index in [-0.39, 0.29) is 80.3 Å². The summed E-state index contributed by atoms with van der Waals surface area (Å²) in [5.41, 5.74) is 24.2. The number of thiol groups is 1. The van der Waals surface area contributed by atoms with Crippen LogP contribution in [0.25, 0.3) is 10.9 Å². The summed E-state index contributed by atoms with van der Waals surface area (Å²) in [6.07, 6.45) is 2.39. The quantitative estimate of drug-likeness (QED) is 0.0123. The average molecular weight is 1170 g/mol. The first-order valence-corrected chi connectivity index (χ1v) is 27.7.